The van der Waals surface area contributed by atoms with Crippen molar-refractivity contribution < 1.29 is 9.47 Å². The zero-order chi connectivity index (χ0) is 18.1. The molecule has 0 radical (unpaired) electrons. The number of nitrogens with zero attached hydrogens (tertiary/aromatic N) is 3. The summed E-state index contributed by atoms with van der Waals surface area (Å²) in [6.45, 7) is 3.28. The van der Waals surface area contributed by atoms with Gasteiger partial charge >= 0.3 is 0 Å². The standard InChI is InChI=1S/C22H23N3O2/c1-2-5-19(6-3-1)25-16-17(14-23-25)15-24-10-4-7-20(24)18-8-9-21-22(13-18)27-12-11-26-21/h1-3,5-6,8-9,13-14,16,20H,4,7,10-12,15H2/t20-/m0/s1. The van der Waals surface area contributed by atoms with Gasteiger partial charge in [0.2, 0.25) is 0 Å². The molecule has 27 heavy (non-hydrogen) atoms. The highest BCUT2D eigenvalue weighted by Gasteiger charge is 2.27. The van der Waals surface area contributed by atoms with E-state index in [1.165, 1.54) is 24.0 Å². The Labute approximate surface area is 159 Å². The Morgan fingerprint density at radius 1 is 1.00 bits per heavy atom. The minimum Gasteiger partial charge on any atom is -0.486 e. The Bertz CT molecular complexity index is 922. The number of fused-ring (bicyclic) bond motifs is 1. The number of likely N-dealkylation sites (tertiary alicyclic amines) is 1. The Morgan fingerprint density at radius 2 is 1.85 bits per heavy atom. The van der Waals surface area contributed by atoms with Gasteiger partial charge in [-0.2, -0.15) is 5.10 Å². The molecule has 138 valence electrons. The van der Waals surface area contributed by atoms with Gasteiger partial charge < -0.3 is 9.47 Å². The van der Waals surface area contributed by atoms with Crippen LogP contribution in [0, 0.1) is 0 Å². The molecule has 5 heteroatoms. The smallest absolute Gasteiger partial charge is 0.161 e. The van der Waals surface area contributed by atoms with Crippen LogP contribution < -0.4 is 9.47 Å². The monoisotopic (exact) mass is 361 g/mol. The van der Waals surface area contributed by atoms with Gasteiger partial charge in [0.1, 0.15) is 13.2 Å². The fourth-order valence-electron chi connectivity index (χ4n) is 4.06. The van der Waals surface area contributed by atoms with E-state index in [1.807, 2.05) is 35.1 Å². The highest BCUT2D eigenvalue weighted by molar-refractivity contribution is 5.45. The molecule has 5 nitrogen and oxygen atoms in total. The van der Waals surface area contributed by atoms with E-state index >= 15 is 0 Å². The summed E-state index contributed by atoms with van der Waals surface area (Å²) in [5, 5.41) is 4.54. The van der Waals surface area contributed by atoms with Crippen LogP contribution in [0.3, 0.4) is 0 Å². The van der Waals surface area contributed by atoms with Gasteiger partial charge in [-0.25, -0.2) is 4.68 Å². The first kappa shape index (κ1) is 16.4. The summed E-state index contributed by atoms with van der Waals surface area (Å²) in [6.07, 6.45) is 6.50. The number of aromatic nitrogens is 2. The molecule has 0 aliphatic carbocycles. The molecule has 1 saturated heterocycles. The van der Waals surface area contributed by atoms with Crippen LogP contribution in [-0.2, 0) is 6.54 Å². The quantitative estimate of drug-likeness (QED) is 0.705. The van der Waals surface area contributed by atoms with E-state index in [1.54, 1.807) is 0 Å². The van der Waals surface area contributed by atoms with Crippen molar-refractivity contribution in [2.75, 3.05) is 19.8 Å². The van der Waals surface area contributed by atoms with E-state index in [0.717, 1.165) is 30.3 Å². The lowest BCUT2D eigenvalue weighted by atomic mass is 10.0. The van der Waals surface area contributed by atoms with E-state index in [4.69, 9.17) is 9.47 Å². The first-order chi connectivity index (χ1) is 13.4. The number of hydrogen-bond donors (Lipinski definition) is 0. The molecule has 0 spiro atoms. The van der Waals surface area contributed by atoms with Gasteiger partial charge in [-0.05, 0) is 49.2 Å². The lowest BCUT2D eigenvalue weighted by Gasteiger charge is -2.26. The number of para-hydroxylation sites is 1. The van der Waals surface area contributed by atoms with Crippen molar-refractivity contribution in [1.82, 2.24) is 14.7 Å². The Morgan fingerprint density at radius 3 is 2.74 bits per heavy atom. The summed E-state index contributed by atoms with van der Waals surface area (Å²) in [6, 6.07) is 17.1. The molecular formula is C22H23N3O2. The average molecular weight is 361 g/mol. The highest BCUT2D eigenvalue weighted by Crippen LogP contribution is 2.38. The molecule has 5 rings (SSSR count). The normalized spacial score (nSPS) is 19.3. The van der Waals surface area contributed by atoms with Gasteiger partial charge in [0.25, 0.3) is 0 Å². The van der Waals surface area contributed by atoms with Crippen molar-refractivity contribution in [3.05, 3.63) is 72.1 Å². The second-order valence-corrected chi connectivity index (χ2v) is 7.16. The van der Waals surface area contributed by atoms with Gasteiger partial charge in [-0.15, -0.1) is 0 Å². The van der Waals surface area contributed by atoms with Crippen LogP contribution in [0.2, 0.25) is 0 Å². The number of benzene rings is 2. The second kappa shape index (κ2) is 7.08. The Balaban J connectivity index is 1.34. The molecular weight excluding hydrogens is 338 g/mol. The van der Waals surface area contributed by atoms with Crippen LogP contribution in [0.1, 0.15) is 30.0 Å². The van der Waals surface area contributed by atoms with Gasteiger partial charge in [0.05, 0.1) is 11.9 Å². The number of rotatable bonds is 4. The van der Waals surface area contributed by atoms with Crippen molar-refractivity contribution in [3.63, 3.8) is 0 Å². The van der Waals surface area contributed by atoms with Crippen molar-refractivity contribution in [2.45, 2.75) is 25.4 Å². The third-order valence-electron chi connectivity index (χ3n) is 5.36. The largest absolute Gasteiger partial charge is 0.486 e. The summed E-state index contributed by atoms with van der Waals surface area (Å²) in [5.74, 6) is 1.74. The highest BCUT2D eigenvalue weighted by atomic mass is 16.6. The maximum atomic E-state index is 5.77. The first-order valence-corrected chi connectivity index (χ1v) is 9.59. The van der Waals surface area contributed by atoms with E-state index < -0.39 is 0 Å². The van der Waals surface area contributed by atoms with Crippen LogP contribution in [0.15, 0.2) is 60.9 Å². The fourth-order valence-corrected chi connectivity index (χ4v) is 4.06. The predicted molar refractivity (Wildman–Crippen MR) is 103 cm³/mol. The van der Waals surface area contributed by atoms with Crippen LogP contribution in [0.4, 0.5) is 0 Å². The minimum atomic E-state index is 0.418. The summed E-state index contributed by atoms with van der Waals surface area (Å²) >= 11 is 0. The second-order valence-electron chi connectivity index (χ2n) is 7.16. The summed E-state index contributed by atoms with van der Waals surface area (Å²) in [4.78, 5) is 2.54. The zero-order valence-corrected chi connectivity index (χ0v) is 15.3. The molecule has 0 unspecified atom stereocenters. The van der Waals surface area contributed by atoms with Crippen molar-refractivity contribution in [2.24, 2.45) is 0 Å². The Hall–Kier alpha value is -2.79. The molecule has 3 heterocycles. The third-order valence-corrected chi connectivity index (χ3v) is 5.36. The summed E-state index contributed by atoms with van der Waals surface area (Å²) in [5.41, 5.74) is 3.64. The molecule has 1 aromatic heterocycles. The zero-order valence-electron chi connectivity index (χ0n) is 15.3. The van der Waals surface area contributed by atoms with E-state index in [2.05, 4.69) is 40.5 Å². The Kier molecular flexibility index (Phi) is 4.30. The fraction of sp³-hybridized carbons (Fsp3) is 0.318. The van der Waals surface area contributed by atoms with Crippen LogP contribution >= 0.6 is 0 Å². The van der Waals surface area contributed by atoms with Crippen LogP contribution in [0.5, 0.6) is 11.5 Å². The maximum Gasteiger partial charge on any atom is 0.161 e. The molecule has 0 bridgehead atoms. The molecule has 2 aromatic carbocycles. The molecule has 2 aliphatic rings. The van der Waals surface area contributed by atoms with E-state index in [-0.39, 0.29) is 0 Å². The van der Waals surface area contributed by atoms with Crippen molar-refractivity contribution >= 4 is 0 Å². The average Bonchev–Trinajstić information content (AvgIpc) is 3.38. The SMILES string of the molecule is c1ccc(-n2cc(CN3CCC[C@H]3c3ccc4c(c3)OCCO4)cn2)cc1. The van der Waals surface area contributed by atoms with Gasteiger partial charge in [0, 0.05) is 24.3 Å². The van der Waals surface area contributed by atoms with Gasteiger partial charge in [-0.3, -0.25) is 4.90 Å². The maximum absolute atomic E-state index is 5.77. The lowest BCUT2D eigenvalue weighted by Crippen LogP contribution is -2.23. The van der Waals surface area contributed by atoms with E-state index in [0.29, 0.717) is 19.3 Å². The summed E-state index contributed by atoms with van der Waals surface area (Å²) < 4.78 is 13.4. The van der Waals surface area contributed by atoms with Gasteiger partial charge in [-0.1, -0.05) is 24.3 Å². The van der Waals surface area contributed by atoms with Crippen LogP contribution in [0.25, 0.3) is 5.69 Å². The van der Waals surface area contributed by atoms with Crippen LogP contribution in [-0.4, -0.2) is 34.4 Å². The molecule has 0 N–H and O–H groups in total. The van der Waals surface area contributed by atoms with Crippen molar-refractivity contribution in [1.29, 1.82) is 0 Å². The molecule has 3 aromatic rings. The van der Waals surface area contributed by atoms with Crippen molar-refractivity contribution in [3.8, 4) is 17.2 Å². The molecule has 1 atom stereocenters. The molecule has 0 amide bonds. The summed E-state index contributed by atoms with van der Waals surface area (Å²) in [7, 11) is 0. The predicted octanol–water partition coefficient (Wildman–Crippen LogP) is 3.98. The van der Waals surface area contributed by atoms with E-state index in [9.17, 15) is 0 Å². The number of ether oxygens (including phenoxy) is 2. The molecule has 0 saturated carbocycles. The lowest BCUT2D eigenvalue weighted by molar-refractivity contribution is 0.170. The third kappa shape index (κ3) is 3.30. The molecule has 2 aliphatic heterocycles. The minimum absolute atomic E-state index is 0.418. The molecule has 1 fully saturated rings. The first-order valence-electron chi connectivity index (χ1n) is 9.59. The van der Waals surface area contributed by atoms with Gasteiger partial charge in [0.15, 0.2) is 11.5 Å². The topological polar surface area (TPSA) is 39.5 Å². The number of hydrogen-bond acceptors (Lipinski definition) is 4.